The summed E-state index contributed by atoms with van der Waals surface area (Å²) < 4.78 is 2.10. The van der Waals surface area contributed by atoms with Crippen molar-refractivity contribution in [2.75, 3.05) is 18.6 Å². The van der Waals surface area contributed by atoms with Crippen molar-refractivity contribution in [3.8, 4) is 0 Å². The lowest BCUT2D eigenvalue weighted by Crippen LogP contribution is -2.43. The smallest absolute Gasteiger partial charge is 0.275 e. The number of aryl methyl sites for hydroxylation is 1. The SMILES string of the molecule is CCCC(C)n1c(CC)nc2c1C(=O)N(C)CN2c1ccc(Cl)cc1Cl. The molecule has 1 atom stereocenters. The summed E-state index contributed by atoms with van der Waals surface area (Å²) in [5.41, 5.74) is 1.44. The van der Waals surface area contributed by atoms with E-state index in [-0.39, 0.29) is 11.9 Å². The van der Waals surface area contributed by atoms with Crippen LogP contribution in [0.3, 0.4) is 0 Å². The number of anilines is 2. The molecular weight excluding hydrogens is 371 g/mol. The van der Waals surface area contributed by atoms with Crippen LogP contribution in [-0.4, -0.2) is 34.1 Å². The molecule has 2 aromatic rings. The fourth-order valence-corrected chi connectivity index (χ4v) is 4.05. The van der Waals surface area contributed by atoms with E-state index >= 15 is 0 Å². The van der Waals surface area contributed by atoms with Crippen LogP contribution in [0.2, 0.25) is 10.0 Å². The molecule has 5 nitrogen and oxygen atoms in total. The van der Waals surface area contributed by atoms with Gasteiger partial charge in [0.2, 0.25) is 0 Å². The number of benzene rings is 1. The van der Waals surface area contributed by atoms with Crippen LogP contribution in [0.1, 0.15) is 56.0 Å². The lowest BCUT2D eigenvalue weighted by Gasteiger charge is -2.34. The van der Waals surface area contributed by atoms with Crippen molar-refractivity contribution in [3.05, 3.63) is 39.8 Å². The van der Waals surface area contributed by atoms with Gasteiger partial charge in [0, 0.05) is 24.5 Å². The van der Waals surface area contributed by atoms with Gasteiger partial charge < -0.3 is 14.4 Å². The van der Waals surface area contributed by atoms with Gasteiger partial charge in [0.1, 0.15) is 5.82 Å². The second-order valence-corrected chi connectivity index (χ2v) is 7.57. The maximum Gasteiger partial charge on any atom is 0.275 e. The highest BCUT2D eigenvalue weighted by Gasteiger charge is 2.36. The van der Waals surface area contributed by atoms with Crippen molar-refractivity contribution in [2.45, 2.75) is 46.1 Å². The fraction of sp³-hybridized carbons (Fsp3) is 0.474. The van der Waals surface area contributed by atoms with Gasteiger partial charge >= 0.3 is 0 Å². The third-order valence-corrected chi connectivity index (χ3v) is 5.33. The zero-order valence-electron chi connectivity index (χ0n) is 15.6. The first-order chi connectivity index (χ1) is 12.4. The molecule has 1 aliphatic rings. The zero-order chi connectivity index (χ0) is 19.0. The first-order valence-electron chi connectivity index (χ1n) is 8.98. The highest BCUT2D eigenvalue weighted by Crippen LogP contribution is 2.39. The molecule has 1 aromatic carbocycles. The summed E-state index contributed by atoms with van der Waals surface area (Å²) in [6.07, 6.45) is 2.81. The van der Waals surface area contributed by atoms with E-state index in [1.54, 1.807) is 24.1 Å². The molecule has 0 radical (unpaired) electrons. The van der Waals surface area contributed by atoms with Crippen LogP contribution < -0.4 is 4.90 Å². The number of aromatic nitrogens is 2. The van der Waals surface area contributed by atoms with Gasteiger partial charge in [-0.15, -0.1) is 0 Å². The number of hydrogen-bond acceptors (Lipinski definition) is 3. The highest BCUT2D eigenvalue weighted by molar-refractivity contribution is 6.36. The molecule has 2 heterocycles. The maximum absolute atomic E-state index is 13.0. The van der Waals surface area contributed by atoms with Crippen molar-refractivity contribution in [1.29, 1.82) is 0 Å². The summed E-state index contributed by atoms with van der Waals surface area (Å²) in [5, 5.41) is 1.12. The van der Waals surface area contributed by atoms with Crippen LogP contribution in [0.25, 0.3) is 0 Å². The molecule has 0 aliphatic carbocycles. The van der Waals surface area contributed by atoms with Crippen molar-refractivity contribution in [3.63, 3.8) is 0 Å². The van der Waals surface area contributed by atoms with Gasteiger partial charge in [-0.25, -0.2) is 4.98 Å². The second kappa shape index (κ2) is 7.49. The summed E-state index contributed by atoms with van der Waals surface area (Å²) >= 11 is 12.5. The van der Waals surface area contributed by atoms with Crippen molar-refractivity contribution >= 4 is 40.6 Å². The molecule has 7 heteroatoms. The first-order valence-corrected chi connectivity index (χ1v) is 9.73. The molecular formula is C19H24Cl2N4O. The molecule has 1 aromatic heterocycles. The number of carbonyl (C=O) groups excluding carboxylic acids is 1. The fourth-order valence-electron chi connectivity index (χ4n) is 3.54. The molecule has 140 valence electrons. The Bertz CT molecular complexity index is 833. The number of fused-ring (bicyclic) bond motifs is 1. The van der Waals surface area contributed by atoms with E-state index in [1.165, 1.54) is 0 Å². The average Bonchev–Trinajstić information content (AvgIpc) is 2.99. The Kier molecular flexibility index (Phi) is 5.49. The van der Waals surface area contributed by atoms with Gasteiger partial charge in [0.05, 0.1) is 17.4 Å². The number of carbonyl (C=O) groups is 1. The Morgan fingerprint density at radius 3 is 2.62 bits per heavy atom. The third kappa shape index (κ3) is 3.19. The van der Waals surface area contributed by atoms with Gasteiger partial charge in [0.25, 0.3) is 5.91 Å². The van der Waals surface area contributed by atoms with Crippen molar-refractivity contribution in [2.24, 2.45) is 0 Å². The molecule has 0 spiro atoms. The zero-order valence-corrected chi connectivity index (χ0v) is 17.1. The molecule has 1 aliphatic heterocycles. The Balaban J connectivity index is 2.19. The molecule has 0 saturated carbocycles. The highest BCUT2D eigenvalue weighted by atomic mass is 35.5. The normalized spacial score (nSPS) is 15.4. The summed E-state index contributed by atoms with van der Waals surface area (Å²) in [6.45, 7) is 6.76. The molecule has 0 fully saturated rings. The van der Waals surface area contributed by atoms with Crippen LogP contribution in [0.15, 0.2) is 18.2 Å². The quantitative estimate of drug-likeness (QED) is 0.690. The van der Waals surface area contributed by atoms with Crippen molar-refractivity contribution in [1.82, 2.24) is 14.5 Å². The number of rotatable bonds is 5. The van der Waals surface area contributed by atoms with E-state index in [2.05, 4.69) is 25.3 Å². The van der Waals surface area contributed by atoms with E-state index < -0.39 is 0 Å². The monoisotopic (exact) mass is 394 g/mol. The second-order valence-electron chi connectivity index (χ2n) is 6.73. The van der Waals surface area contributed by atoms with Crippen LogP contribution >= 0.6 is 23.2 Å². The molecule has 1 unspecified atom stereocenters. The Morgan fingerprint density at radius 1 is 1.27 bits per heavy atom. The van der Waals surface area contributed by atoms with Crippen LogP contribution in [0.5, 0.6) is 0 Å². The van der Waals surface area contributed by atoms with Gasteiger partial charge in [-0.1, -0.05) is 43.5 Å². The van der Waals surface area contributed by atoms with Gasteiger partial charge in [0.15, 0.2) is 11.5 Å². The number of imidazole rings is 1. The lowest BCUT2D eigenvalue weighted by molar-refractivity contribution is 0.0773. The van der Waals surface area contributed by atoms with E-state index in [4.69, 9.17) is 28.2 Å². The van der Waals surface area contributed by atoms with Crippen LogP contribution in [0.4, 0.5) is 11.5 Å². The van der Waals surface area contributed by atoms with E-state index in [9.17, 15) is 4.79 Å². The summed E-state index contributed by atoms with van der Waals surface area (Å²) in [4.78, 5) is 21.5. The average molecular weight is 395 g/mol. The molecule has 1 amide bonds. The largest absolute Gasteiger partial charge is 0.322 e. The van der Waals surface area contributed by atoms with Gasteiger partial charge in [-0.3, -0.25) is 4.79 Å². The topological polar surface area (TPSA) is 41.4 Å². The third-order valence-electron chi connectivity index (χ3n) is 4.79. The van der Waals surface area contributed by atoms with Crippen molar-refractivity contribution < 1.29 is 4.79 Å². The van der Waals surface area contributed by atoms with Gasteiger partial charge in [-0.2, -0.15) is 0 Å². The van der Waals surface area contributed by atoms with E-state index in [1.807, 2.05) is 11.0 Å². The molecule has 0 N–H and O–H groups in total. The molecule has 3 rings (SSSR count). The predicted octanol–water partition coefficient (Wildman–Crippen LogP) is 5.29. The number of nitrogens with zero attached hydrogens (tertiary/aromatic N) is 4. The summed E-state index contributed by atoms with van der Waals surface area (Å²) in [5.74, 6) is 1.60. The minimum Gasteiger partial charge on any atom is -0.322 e. The Labute approximate surface area is 164 Å². The van der Waals surface area contributed by atoms with E-state index in [0.29, 0.717) is 28.2 Å². The van der Waals surface area contributed by atoms with Crippen LogP contribution in [-0.2, 0) is 6.42 Å². The van der Waals surface area contributed by atoms with Gasteiger partial charge in [-0.05, 0) is 31.5 Å². The minimum atomic E-state index is -0.00325. The van der Waals surface area contributed by atoms with Crippen LogP contribution in [0, 0.1) is 0 Å². The Morgan fingerprint density at radius 2 is 2.00 bits per heavy atom. The first kappa shape index (κ1) is 19.1. The minimum absolute atomic E-state index is 0.00325. The number of amides is 1. The molecule has 0 saturated heterocycles. The standard InChI is InChI=1S/C19H24Cl2N4O/c1-5-7-12(3)25-16(6-2)22-18-17(25)19(26)23(4)11-24(18)15-9-8-13(20)10-14(15)21/h8-10,12H,5-7,11H2,1-4H3. The predicted molar refractivity (Wildman–Crippen MR) is 107 cm³/mol. The lowest BCUT2D eigenvalue weighted by atomic mass is 10.1. The maximum atomic E-state index is 13.0. The molecule has 0 bridgehead atoms. The number of hydrogen-bond donors (Lipinski definition) is 0. The summed E-state index contributed by atoms with van der Waals surface area (Å²) in [6, 6.07) is 5.60. The summed E-state index contributed by atoms with van der Waals surface area (Å²) in [7, 11) is 1.80. The van der Waals surface area contributed by atoms with E-state index in [0.717, 1.165) is 30.8 Å². The molecule has 26 heavy (non-hydrogen) atoms. The Hall–Kier alpha value is -1.72. The number of halogens is 2.